The monoisotopic (exact) mass is 659 g/mol. The summed E-state index contributed by atoms with van der Waals surface area (Å²) in [5, 5.41) is 16.2. The van der Waals surface area contributed by atoms with Crippen LogP contribution in [-0.2, 0) is 20.4 Å². The summed E-state index contributed by atoms with van der Waals surface area (Å²) in [5.41, 5.74) is -1.70. The van der Waals surface area contributed by atoms with Crippen molar-refractivity contribution in [1.82, 2.24) is 25.4 Å². The molecular formula is C33H37N7O6S. The number of fused-ring (bicyclic) bond motifs is 1. The molecule has 1 unspecified atom stereocenters. The highest BCUT2D eigenvalue weighted by Gasteiger charge is 2.59. The normalized spacial score (nSPS) is 20.4. The number of nitrogens with one attached hydrogen (secondary N) is 2. The quantitative estimate of drug-likeness (QED) is 0.368. The van der Waals surface area contributed by atoms with Crippen molar-refractivity contribution >= 4 is 27.6 Å². The van der Waals surface area contributed by atoms with E-state index in [0.29, 0.717) is 36.5 Å². The molecule has 3 aromatic rings. The Morgan fingerprint density at radius 1 is 1.09 bits per heavy atom. The number of para-hydroxylation sites is 1. The Morgan fingerprint density at radius 2 is 1.83 bits per heavy atom. The van der Waals surface area contributed by atoms with Crippen molar-refractivity contribution in [1.29, 1.82) is 5.26 Å². The van der Waals surface area contributed by atoms with Gasteiger partial charge in [0.05, 0.1) is 36.6 Å². The first kappa shape index (κ1) is 32.2. The number of methoxy groups -OCH3 is 1. The van der Waals surface area contributed by atoms with Gasteiger partial charge in [0.1, 0.15) is 10.6 Å². The molecule has 246 valence electrons. The van der Waals surface area contributed by atoms with Crippen LogP contribution in [0.15, 0.2) is 65.7 Å². The molecule has 0 aliphatic carbocycles. The van der Waals surface area contributed by atoms with E-state index in [-0.39, 0.29) is 45.5 Å². The van der Waals surface area contributed by atoms with Crippen molar-refractivity contribution in [2.45, 2.75) is 36.2 Å². The Bertz CT molecular complexity index is 1820. The fraction of sp³-hybridized carbons (Fsp3) is 0.394. The highest BCUT2D eigenvalue weighted by molar-refractivity contribution is 7.93. The molecule has 3 aliphatic rings. The molecule has 6 rings (SSSR count). The number of benzene rings is 2. The van der Waals surface area contributed by atoms with Gasteiger partial charge in [0, 0.05) is 44.0 Å². The number of hydrogen-bond donors (Lipinski definition) is 2. The molecule has 0 radical (unpaired) electrons. The molecule has 1 aromatic heterocycles. The van der Waals surface area contributed by atoms with E-state index in [9.17, 15) is 18.5 Å². The molecule has 2 saturated heterocycles. The maximum atomic E-state index is 15.0. The van der Waals surface area contributed by atoms with Crippen molar-refractivity contribution in [3.63, 3.8) is 0 Å². The van der Waals surface area contributed by atoms with Crippen LogP contribution >= 0.6 is 0 Å². The van der Waals surface area contributed by atoms with E-state index in [1.54, 1.807) is 30.0 Å². The van der Waals surface area contributed by atoms with E-state index in [1.165, 1.54) is 49.7 Å². The minimum atomic E-state index is -4.61. The van der Waals surface area contributed by atoms with Gasteiger partial charge in [-0.2, -0.15) is 9.57 Å². The summed E-state index contributed by atoms with van der Waals surface area (Å²) in [6.07, 6.45) is 3.57. The number of carbonyl (C=O) groups excluding carboxylic acids is 2. The van der Waals surface area contributed by atoms with Gasteiger partial charge in [0.25, 0.3) is 15.9 Å². The van der Waals surface area contributed by atoms with Crippen molar-refractivity contribution in [2.24, 2.45) is 0 Å². The molecule has 2 fully saturated rings. The number of nitriles is 1. The minimum absolute atomic E-state index is 0.0118. The molecule has 1 atom stereocenters. The van der Waals surface area contributed by atoms with Gasteiger partial charge in [0.2, 0.25) is 5.88 Å². The number of carbonyl (C=O) groups is 2. The largest absolute Gasteiger partial charge is 0.495 e. The maximum Gasteiger partial charge on any atom is 0.318 e. The van der Waals surface area contributed by atoms with Gasteiger partial charge in [-0.15, -0.1) is 0 Å². The molecule has 0 saturated carbocycles. The van der Waals surface area contributed by atoms with Gasteiger partial charge in [-0.25, -0.2) is 18.2 Å². The molecule has 3 aliphatic heterocycles. The zero-order chi connectivity index (χ0) is 33.2. The van der Waals surface area contributed by atoms with Gasteiger partial charge in [-0.3, -0.25) is 9.69 Å². The van der Waals surface area contributed by atoms with E-state index in [2.05, 4.69) is 26.6 Å². The Labute approximate surface area is 274 Å². The average Bonchev–Trinajstić information content (AvgIpc) is 3.36. The molecule has 3 amide bonds. The standard InChI is InChI=1S/C33H37N7O6S/c1-3-46-30-25(7-6-14-36-30)33(37-32(42)39-19-17-38(18-20-39)24-12-15-35-16-13-24)26-21-23(22-34)10-11-27(26)40(31(33)41)47(43,44)29-9-5-4-8-28(29)45-2/h4-11,14,21,24,35H,3,12-13,15-20H2,1-2H3,(H,37,42). The van der Waals surface area contributed by atoms with Crippen LogP contribution in [0.5, 0.6) is 11.6 Å². The third-order valence-corrected chi connectivity index (χ3v) is 10.8. The summed E-state index contributed by atoms with van der Waals surface area (Å²) >= 11 is 0. The van der Waals surface area contributed by atoms with Gasteiger partial charge in [0.15, 0.2) is 5.54 Å². The predicted octanol–water partition coefficient (Wildman–Crippen LogP) is 2.42. The van der Waals surface area contributed by atoms with Gasteiger partial charge >= 0.3 is 6.03 Å². The SMILES string of the molecule is CCOc1ncccc1C1(NC(=O)N2CCN(C3CCNCC3)CC2)C(=O)N(S(=O)(=O)c2ccccc2OC)c2ccc(C#N)cc21. The molecule has 13 nitrogen and oxygen atoms in total. The highest BCUT2D eigenvalue weighted by atomic mass is 32.2. The van der Waals surface area contributed by atoms with Crippen LogP contribution in [0.3, 0.4) is 0 Å². The number of hydrogen-bond acceptors (Lipinski definition) is 10. The van der Waals surface area contributed by atoms with Crippen LogP contribution in [-0.4, -0.2) is 94.2 Å². The van der Waals surface area contributed by atoms with Crippen LogP contribution < -0.4 is 24.4 Å². The molecule has 2 N–H and O–H groups in total. The van der Waals surface area contributed by atoms with Crippen molar-refractivity contribution in [3.8, 4) is 17.7 Å². The first-order valence-corrected chi connectivity index (χ1v) is 17.1. The Kier molecular flexibility index (Phi) is 9.05. The van der Waals surface area contributed by atoms with E-state index in [4.69, 9.17) is 9.47 Å². The summed E-state index contributed by atoms with van der Waals surface area (Å²) in [6, 6.07) is 15.4. The van der Waals surface area contributed by atoms with E-state index in [1.807, 2.05) is 0 Å². The number of nitrogens with zero attached hydrogens (tertiary/aromatic N) is 5. The predicted molar refractivity (Wildman–Crippen MR) is 173 cm³/mol. The second kappa shape index (κ2) is 13.2. The lowest BCUT2D eigenvalue weighted by atomic mass is 9.83. The topological polar surface area (TPSA) is 157 Å². The number of rotatable bonds is 8. The Morgan fingerprint density at radius 3 is 2.53 bits per heavy atom. The summed E-state index contributed by atoms with van der Waals surface area (Å²) in [7, 11) is -3.27. The molecule has 47 heavy (non-hydrogen) atoms. The lowest BCUT2D eigenvalue weighted by molar-refractivity contribution is -0.121. The lowest BCUT2D eigenvalue weighted by Crippen LogP contribution is -2.61. The lowest BCUT2D eigenvalue weighted by Gasteiger charge is -2.41. The Hall–Kier alpha value is -4.71. The first-order chi connectivity index (χ1) is 22.8. The van der Waals surface area contributed by atoms with Crippen molar-refractivity contribution < 1.29 is 27.5 Å². The molecule has 4 heterocycles. The number of aromatic nitrogens is 1. The van der Waals surface area contributed by atoms with E-state index < -0.39 is 27.5 Å². The number of anilines is 1. The van der Waals surface area contributed by atoms with Gasteiger partial charge in [-0.1, -0.05) is 12.1 Å². The maximum absolute atomic E-state index is 15.0. The third kappa shape index (κ3) is 5.64. The zero-order valence-corrected chi connectivity index (χ0v) is 27.1. The molecule has 2 aromatic carbocycles. The molecule has 0 bridgehead atoms. The second-order valence-electron chi connectivity index (χ2n) is 11.5. The smallest absolute Gasteiger partial charge is 0.318 e. The summed E-state index contributed by atoms with van der Waals surface area (Å²) in [5.74, 6) is -0.881. The van der Waals surface area contributed by atoms with Crippen molar-refractivity contribution in [2.75, 3.05) is 57.3 Å². The van der Waals surface area contributed by atoms with E-state index >= 15 is 4.79 Å². The fourth-order valence-electron chi connectivity index (χ4n) is 6.71. The number of amides is 3. The summed E-state index contributed by atoms with van der Waals surface area (Å²) in [4.78, 5) is 37.4. The number of ether oxygens (including phenoxy) is 2. The van der Waals surface area contributed by atoms with Crippen LogP contribution in [0.4, 0.5) is 10.5 Å². The number of sulfonamides is 1. The zero-order valence-electron chi connectivity index (χ0n) is 26.3. The summed E-state index contributed by atoms with van der Waals surface area (Å²) < 4.78 is 40.7. The van der Waals surface area contributed by atoms with Crippen LogP contribution in [0, 0.1) is 11.3 Å². The number of piperazine rings is 1. The number of urea groups is 1. The van der Waals surface area contributed by atoms with Crippen LogP contribution in [0.1, 0.15) is 36.5 Å². The molecule has 14 heteroatoms. The average molecular weight is 660 g/mol. The first-order valence-electron chi connectivity index (χ1n) is 15.6. The van der Waals surface area contributed by atoms with Crippen LogP contribution in [0.25, 0.3) is 0 Å². The molecular weight excluding hydrogens is 622 g/mol. The van der Waals surface area contributed by atoms with Crippen LogP contribution in [0.2, 0.25) is 0 Å². The number of pyridine rings is 1. The van der Waals surface area contributed by atoms with Gasteiger partial charge < -0.3 is 25.0 Å². The second-order valence-corrected chi connectivity index (χ2v) is 13.3. The number of piperidine rings is 1. The molecule has 0 spiro atoms. The minimum Gasteiger partial charge on any atom is -0.495 e. The van der Waals surface area contributed by atoms with Crippen molar-refractivity contribution in [3.05, 3.63) is 77.5 Å². The van der Waals surface area contributed by atoms with E-state index in [0.717, 1.165) is 25.9 Å². The van der Waals surface area contributed by atoms with Gasteiger partial charge in [-0.05, 0) is 75.3 Å². The fourth-order valence-corrected chi connectivity index (χ4v) is 8.33. The Balaban J connectivity index is 1.47. The summed E-state index contributed by atoms with van der Waals surface area (Å²) in [6.45, 7) is 6.03. The highest BCUT2D eigenvalue weighted by Crippen LogP contribution is 2.49. The third-order valence-electron chi connectivity index (χ3n) is 9.02.